The van der Waals surface area contributed by atoms with Crippen LogP contribution in [0.25, 0.3) is 0 Å². The molecule has 0 aromatic carbocycles. The number of rotatable bonds is 18. The number of carboxylic acids is 1. The summed E-state index contributed by atoms with van der Waals surface area (Å²) in [5, 5.41) is 11.2. The molecule has 0 spiro atoms. The summed E-state index contributed by atoms with van der Waals surface area (Å²) in [7, 11) is 0. The maximum atomic E-state index is 12.2. The van der Waals surface area contributed by atoms with Crippen LogP contribution in [0.2, 0.25) is 0 Å². The molecular formula is C26H45NaO4. The normalized spacial score (nSPS) is 18.6. The molecule has 1 saturated carbocycles. The smallest absolute Gasteiger partial charge is 0.550 e. The standard InChI is InChI=1S/C26H46O4.Na/c1-2-3-4-5-6-7-8-9-10-11-12-13-14-15-16-19-22-30-26(29)24-21-18-17-20-23(24)25(27)28;/h7-8,23-24H,2-6,9-22H2,1H3,(H,27,28);/q;+1/p-1/b8-7+;. The first-order valence-electron chi connectivity index (χ1n) is 12.7. The molecule has 5 heteroatoms. The Kier molecular flexibility index (Phi) is 21.3. The molecule has 1 rings (SSSR count). The van der Waals surface area contributed by atoms with Crippen molar-refractivity contribution in [2.45, 2.75) is 122 Å². The number of ether oxygens (including phenoxy) is 1. The molecule has 1 aliphatic carbocycles. The minimum atomic E-state index is -1.10. The number of hydrogen-bond donors (Lipinski definition) is 0. The molecule has 0 bridgehead atoms. The largest absolute Gasteiger partial charge is 1.00 e. The third-order valence-electron chi connectivity index (χ3n) is 6.27. The van der Waals surface area contributed by atoms with Gasteiger partial charge in [-0.2, -0.15) is 0 Å². The molecule has 0 aliphatic heterocycles. The monoisotopic (exact) mass is 444 g/mol. The van der Waals surface area contributed by atoms with E-state index in [9.17, 15) is 14.7 Å². The van der Waals surface area contributed by atoms with Crippen LogP contribution in [0, 0.1) is 11.8 Å². The van der Waals surface area contributed by atoms with Gasteiger partial charge in [0, 0.05) is 11.9 Å². The van der Waals surface area contributed by atoms with Crippen molar-refractivity contribution in [1.29, 1.82) is 0 Å². The Balaban J connectivity index is 0.00000900. The molecule has 4 nitrogen and oxygen atoms in total. The number of carbonyl (C=O) groups excluding carboxylic acids is 2. The van der Waals surface area contributed by atoms with E-state index in [1.54, 1.807) is 0 Å². The molecule has 174 valence electrons. The van der Waals surface area contributed by atoms with Gasteiger partial charge in [0.15, 0.2) is 0 Å². The van der Waals surface area contributed by atoms with E-state index in [4.69, 9.17) is 4.74 Å². The number of carbonyl (C=O) groups is 2. The van der Waals surface area contributed by atoms with E-state index in [0.29, 0.717) is 19.4 Å². The van der Waals surface area contributed by atoms with E-state index in [0.717, 1.165) is 25.7 Å². The number of allylic oxidation sites excluding steroid dienone is 2. The Bertz CT molecular complexity index is 478. The Morgan fingerprint density at radius 3 is 1.81 bits per heavy atom. The zero-order chi connectivity index (χ0) is 21.9. The first-order chi connectivity index (χ1) is 14.7. The summed E-state index contributed by atoms with van der Waals surface area (Å²) in [4.78, 5) is 23.3. The van der Waals surface area contributed by atoms with Gasteiger partial charge in [0.2, 0.25) is 0 Å². The number of aliphatic carboxylic acids is 1. The first-order valence-corrected chi connectivity index (χ1v) is 12.7. The number of unbranched alkanes of at least 4 members (excludes halogenated alkanes) is 12. The summed E-state index contributed by atoms with van der Waals surface area (Å²) in [6, 6.07) is 0. The Labute approximate surface area is 213 Å². The van der Waals surface area contributed by atoms with Crippen LogP contribution < -0.4 is 34.7 Å². The van der Waals surface area contributed by atoms with Crippen LogP contribution in [0.3, 0.4) is 0 Å². The van der Waals surface area contributed by atoms with Gasteiger partial charge in [-0.15, -0.1) is 0 Å². The number of carboxylic acid groups (broad SMARTS) is 1. The van der Waals surface area contributed by atoms with Gasteiger partial charge in [0.05, 0.1) is 12.5 Å². The van der Waals surface area contributed by atoms with E-state index >= 15 is 0 Å². The molecule has 0 radical (unpaired) electrons. The van der Waals surface area contributed by atoms with Crippen molar-refractivity contribution in [3.63, 3.8) is 0 Å². The third kappa shape index (κ3) is 16.0. The van der Waals surface area contributed by atoms with Gasteiger partial charge < -0.3 is 14.6 Å². The van der Waals surface area contributed by atoms with Gasteiger partial charge in [-0.1, -0.05) is 89.7 Å². The minimum absolute atomic E-state index is 0. The molecule has 2 unspecified atom stereocenters. The molecule has 1 fully saturated rings. The fourth-order valence-corrected chi connectivity index (χ4v) is 4.32. The van der Waals surface area contributed by atoms with Crippen molar-refractivity contribution in [2.24, 2.45) is 11.8 Å². The molecule has 31 heavy (non-hydrogen) atoms. The maximum Gasteiger partial charge on any atom is 1.00 e. The van der Waals surface area contributed by atoms with Gasteiger partial charge in [-0.05, 0) is 44.9 Å². The van der Waals surface area contributed by atoms with Crippen molar-refractivity contribution >= 4 is 11.9 Å². The van der Waals surface area contributed by atoms with Crippen molar-refractivity contribution < 1.29 is 49.0 Å². The maximum absolute atomic E-state index is 12.2. The molecule has 1 aliphatic rings. The second kappa shape index (κ2) is 21.5. The van der Waals surface area contributed by atoms with Crippen LogP contribution in [-0.4, -0.2) is 18.5 Å². The third-order valence-corrected chi connectivity index (χ3v) is 6.27. The molecule has 0 amide bonds. The molecule has 0 N–H and O–H groups in total. The number of esters is 1. The second-order valence-electron chi connectivity index (χ2n) is 8.92. The van der Waals surface area contributed by atoms with Crippen molar-refractivity contribution in [2.75, 3.05) is 6.61 Å². The van der Waals surface area contributed by atoms with Crippen LogP contribution >= 0.6 is 0 Å². The summed E-state index contributed by atoms with van der Waals surface area (Å²) < 4.78 is 5.34. The van der Waals surface area contributed by atoms with Gasteiger partial charge in [0.1, 0.15) is 0 Å². The van der Waals surface area contributed by atoms with Gasteiger partial charge >= 0.3 is 35.5 Å². The Hall–Kier alpha value is -0.320. The van der Waals surface area contributed by atoms with Crippen LogP contribution in [0.15, 0.2) is 12.2 Å². The average Bonchev–Trinajstić information content (AvgIpc) is 2.75. The fourth-order valence-electron chi connectivity index (χ4n) is 4.32. The molecule has 0 heterocycles. The van der Waals surface area contributed by atoms with E-state index in [1.165, 1.54) is 77.0 Å². The molecule has 0 aromatic rings. The zero-order valence-corrected chi connectivity index (χ0v) is 22.4. The van der Waals surface area contributed by atoms with E-state index in [1.807, 2.05) is 0 Å². The fraction of sp³-hybridized carbons (Fsp3) is 0.846. The van der Waals surface area contributed by atoms with Crippen molar-refractivity contribution in [1.82, 2.24) is 0 Å². The summed E-state index contributed by atoms with van der Waals surface area (Å²) in [6.45, 7) is 2.67. The van der Waals surface area contributed by atoms with Gasteiger partial charge in [0.25, 0.3) is 0 Å². The second-order valence-corrected chi connectivity index (χ2v) is 8.92. The van der Waals surface area contributed by atoms with Crippen LogP contribution in [-0.2, 0) is 14.3 Å². The van der Waals surface area contributed by atoms with Crippen LogP contribution in [0.4, 0.5) is 0 Å². The van der Waals surface area contributed by atoms with Crippen LogP contribution in [0.1, 0.15) is 122 Å². The van der Waals surface area contributed by atoms with Crippen molar-refractivity contribution in [3.05, 3.63) is 12.2 Å². The van der Waals surface area contributed by atoms with Gasteiger partial charge in [-0.3, -0.25) is 4.79 Å². The predicted octanol–water partition coefficient (Wildman–Crippen LogP) is 3.13. The summed E-state index contributed by atoms with van der Waals surface area (Å²) >= 11 is 0. The van der Waals surface area contributed by atoms with Crippen LogP contribution in [0.5, 0.6) is 0 Å². The summed E-state index contributed by atoms with van der Waals surface area (Å²) in [5.41, 5.74) is 0. The minimum Gasteiger partial charge on any atom is -0.550 e. The topological polar surface area (TPSA) is 66.4 Å². The molecule has 2 atom stereocenters. The van der Waals surface area contributed by atoms with Gasteiger partial charge in [-0.25, -0.2) is 0 Å². The summed E-state index contributed by atoms with van der Waals surface area (Å²) in [6.07, 6.45) is 25.1. The molecule has 0 aromatic heterocycles. The SMILES string of the molecule is CCCCCC/C=C/CCCCCCCCCCOC(=O)C1CCCCC1C(=O)[O-].[Na+]. The predicted molar refractivity (Wildman–Crippen MR) is 121 cm³/mol. The van der Waals surface area contributed by atoms with E-state index in [-0.39, 0.29) is 35.5 Å². The Morgan fingerprint density at radius 1 is 0.774 bits per heavy atom. The zero-order valence-electron chi connectivity index (χ0n) is 20.4. The van der Waals surface area contributed by atoms with E-state index in [2.05, 4.69) is 19.1 Å². The number of hydrogen-bond acceptors (Lipinski definition) is 4. The average molecular weight is 445 g/mol. The first kappa shape index (κ1) is 30.7. The molecular weight excluding hydrogens is 399 g/mol. The summed E-state index contributed by atoms with van der Waals surface area (Å²) in [5.74, 6) is -2.60. The van der Waals surface area contributed by atoms with Crippen molar-refractivity contribution in [3.8, 4) is 0 Å². The Morgan fingerprint density at radius 2 is 1.26 bits per heavy atom. The van der Waals surface area contributed by atoms with E-state index < -0.39 is 17.8 Å². The molecule has 0 saturated heterocycles. The quantitative estimate of drug-likeness (QED) is 0.141.